The average Bonchev–Trinajstić information content (AvgIpc) is 2.38. The molecule has 0 spiro atoms. The van der Waals surface area contributed by atoms with E-state index in [4.69, 9.17) is 0 Å². The number of hydrogen-bond donors (Lipinski definition) is 0. The molecular weight excluding hydrogens is 244 g/mol. The van der Waals surface area contributed by atoms with Crippen LogP contribution in [0.2, 0.25) is 0 Å². The predicted molar refractivity (Wildman–Crippen MR) is 88.7 cm³/mol. The Kier molecular flexibility index (Phi) is 7.64. The molecule has 0 N–H and O–H groups in total. The highest BCUT2D eigenvalue weighted by molar-refractivity contribution is 5.78. The number of Topliss-reactive ketones (excluding diaryl/α,β-unsaturated/α-hetero) is 1. The van der Waals surface area contributed by atoms with Crippen LogP contribution >= 0.6 is 0 Å². The molecule has 0 aliphatic rings. The zero-order chi connectivity index (χ0) is 14.8. The van der Waals surface area contributed by atoms with Crippen LogP contribution in [0.3, 0.4) is 0 Å². The predicted octanol–water partition coefficient (Wildman–Crippen LogP) is 5.44. The Balaban J connectivity index is 2.97. The normalized spacial score (nSPS) is 11.6. The number of allylic oxidation sites excluding steroid dienone is 2. The first-order valence-corrected chi connectivity index (χ1v) is 7.62. The summed E-state index contributed by atoms with van der Waals surface area (Å²) in [5, 5.41) is 0. The van der Waals surface area contributed by atoms with Crippen LogP contribution in [0.15, 0.2) is 30.4 Å². The second-order valence-corrected chi connectivity index (χ2v) is 5.27. The molecule has 1 aromatic carbocycles. The van der Waals surface area contributed by atoms with Crippen LogP contribution in [0, 0.1) is 0 Å². The third kappa shape index (κ3) is 6.51. The van der Waals surface area contributed by atoms with Crippen molar-refractivity contribution in [2.45, 2.75) is 52.9 Å². The summed E-state index contributed by atoms with van der Waals surface area (Å²) in [7, 11) is 0. The Morgan fingerprint density at radius 1 is 0.950 bits per heavy atom. The van der Waals surface area contributed by atoms with E-state index in [-0.39, 0.29) is 5.78 Å². The van der Waals surface area contributed by atoms with Gasteiger partial charge in [-0.2, -0.15) is 0 Å². The van der Waals surface area contributed by atoms with Gasteiger partial charge in [-0.15, -0.1) is 0 Å². The van der Waals surface area contributed by atoms with Gasteiger partial charge in [0, 0.05) is 6.42 Å². The van der Waals surface area contributed by atoms with Crippen molar-refractivity contribution in [1.82, 2.24) is 0 Å². The highest BCUT2D eigenvalue weighted by atomic mass is 16.1. The number of hydrogen-bond acceptors (Lipinski definition) is 1. The Bertz CT molecular complexity index is 446. The Morgan fingerprint density at radius 2 is 1.45 bits per heavy atom. The second-order valence-electron chi connectivity index (χ2n) is 5.27. The van der Waals surface area contributed by atoms with Gasteiger partial charge in [0.05, 0.1) is 0 Å². The summed E-state index contributed by atoms with van der Waals surface area (Å²) in [6.45, 7) is 6.00. The monoisotopic (exact) mass is 270 g/mol. The van der Waals surface area contributed by atoms with E-state index in [1.165, 1.54) is 11.1 Å². The molecule has 0 amide bonds. The summed E-state index contributed by atoms with van der Waals surface area (Å²) in [6, 6.07) is 6.41. The third-order valence-electron chi connectivity index (χ3n) is 3.02. The summed E-state index contributed by atoms with van der Waals surface area (Å²) in [6.07, 6.45) is 13.7. The van der Waals surface area contributed by atoms with Gasteiger partial charge in [0.15, 0.2) is 0 Å². The Morgan fingerprint density at radius 3 is 1.85 bits per heavy atom. The highest BCUT2D eigenvalue weighted by Crippen LogP contribution is 2.15. The molecule has 0 saturated carbocycles. The summed E-state index contributed by atoms with van der Waals surface area (Å²) >= 11 is 0. The van der Waals surface area contributed by atoms with E-state index < -0.39 is 0 Å². The van der Waals surface area contributed by atoms with E-state index in [0.29, 0.717) is 6.42 Å². The summed E-state index contributed by atoms with van der Waals surface area (Å²) < 4.78 is 0. The molecule has 0 bridgehead atoms. The van der Waals surface area contributed by atoms with Crippen LogP contribution in [0.25, 0.3) is 12.2 Å². The molecule has 0 unspecified atom stereocenters. The van der Waals surface area contributed by atoms with Crippen LogP contribution < -0.4 is 0 Å². The second kappa shape index (κ2) is 9.30. The smallest absolute Gasteiger partial charge is 0.134 e. The highest BCUT2D eigenvalue weighted by Gasteiger charge is 2.01. The summed E-state index contributed by atoms with van der Waals surface area (Å²) in [5.41, 5.74) is 3.48. The molecule has 0 aromatic heterocycles. The molecule has 0 heterocycles. The van der Waals surface area contributed by atoms with Gasteiger partial charge in [-0.25, -0.2) is 0 Å². The number of carbonyl (C=O) groups is 1. The zero-order valence-corrected chi connectivity index (χ0v) is 13.0. The standard InChI is InChI=1S/C19H26O/c1-4-6-8-10-17-13-18(11-9-7-5-2)15-19(14-17)12-16(3)20/h8-11,13-15H,4-7,12H2,1-3H3/b10-8+,11-9+. The molecule has 1 rings (SSSR count). The van der Waals surface area contributed by atoms with Gasteiger partial charge in [0.2, 0.25) is 0 Å². The van der Waals surface area contributed by atoms with Crippen molar-refractivity contribution in [3.05, 3.63) is 47.0 Å². The lowest BCUT2D eigenvalue weighted by Gasteiger charge is -2.04. The fraction of sp³-hybridized carbons (Fsp3) is 0.421. The van der Waals surface area contributed by atoms with Crippen LogP contribution in [0.5, 0.6) is 0 Å². The van der Waals surface area contributed by atoms with Gasteiger partial charge in [0.1, 0.15) is 5.78 Å². The first-order chi connectivity index (χ1) is 9.65. The summed E-state index contributed by atoms with van der Waals surface area (Å²) in [5.74, 6) is 0.211. The molecule has 1 nitrogen and oxygen atoms in total. The molecule has 0 saturated heterocycles. The van der Waals surface area contributed by atoms with Crippen LogP contribution in [-0.4, -0.2) is 5.78 Å². The van der Waals surface area contributed by atoms with Gasteiger partial charge in [-0.1, -0.05) is 63.1 Å². The number of benzene rings is 1. The molecule has 20 heavy (non-hydrogen) atoms. The van der Waals surface area contributed by atoms with Crippen LogP contribution in [0.1, 0.15) is 63.1 Å². The maximum absolute atomic E-state index is 11.3. The minimum atomic E-state index is 0.211. The molecule has 0 aliphatic carbocycles. The SMILES string of the molecule is CCC/C=C/c1cc(/C=C/CCC)cc(CC(C)=O)c1. The van der Waals surface area contributed by atoms with Crippen LogP contribution in [0.4, 0.5) is 0 Å². The van der Waals surface area contributed by atoms with Crippen molar-refractivity contribution in [3.8, 4) is 0 Å². The Labute approximate surface area is 123 Å². The van der Waals surface area contributed by atoms with Crippen molar-refractivity contribution < 1.29 is 4.79 Å². The van der Waals surface area contributed by atoms with Crippen LogP contribution in [-0.2, 0) is 11.2 Å². The van der Waals surface area contributed by atoms with E-state index in [1.807, 2.05) is 0 Å². The largest absolute Gasteiger partial charge is 0.300 e. The first-order valence-electron chi connectivity index (χ1n) is 7.62. The maximum atomic E-state index is 11.3. The van der Waals surface area contributed by atoms with Crippen molar-refractivity contribution in [2.24, 2.45) is 0 Å². The minimum Gasteiger partial charge on any atom is -0.300 e. The van der Waals surface area contributed by atoms with Crippen molar-refractivity contribution in [1.29, 1.82) is 0 Å². The molecule has 0 aliphatic heterocycles. The summed E-state index contributed by atoms with van der Waals surface area (Å²) in [4.78, 5) is 11.3. The van der Waals surface area contributed by atoms with E-state index >= 15 is 0 Å². The lowest BCUT2D eigenvalue weighted by atomic mass is 10.0. The van der Waals surface area contributed by atoms with E-state index in [9.17, 15) is 4.79 Å². The molecule has 1 aromatic rings. The van der Waals surface area contributed by atoms with Gasteiger partial charge in [-0.05, 0) is 42.5 Å². The number of ketones is 1. The zero-order valence-electron chi connectivity index (χ0n) is 13.0. The Hall–Kier alpha value is -1.63. The third-order valence-corrected chi connectivity index (χ3v) is 3.02. The molecule has 0 atom stereocenters. The molecular formula is C19H26O. The molecule has 1 heteroatoms. The van der Waals surface area contributed by atoms with Crippen molar-refractivity contribution in [3.63, 3.8) is 0 Å². The quantitative estimate of drug-likeness (QED) is 0.614. The average molecular weight is 270 g/mol. The number of unbranched alkanes of at least 4 members (excludes halogenated alkanes) is 2. The van der Waals surface area contributed by atoms with E-state index in [0.717, 1.165) is 31.2 Å². The topological polar surface area (TPSA) is 17.1 Å². The van der Waals surface area contributed by atoms with Gasteiger partial charge in [0.25, 0.3) is 0 Å². The lowest BCUT2D eigenvalue weighted by Crippen LogP contribution is -1.97. The van der Waals surface area contributed by atoms with E-state index in [2.05, 4.69) is 56.4 Å². The lowest BCUT2D eigenvalue weighted by molar-refractivity contribution is -0.116. The van der Waals surface area contributed by atoms with Gasteiger partial charge in [-0.3, -0.25) is 4.79 Å². The molecule has 0 fully saturated rings. The van der Waals surface area contributed by atoms with E-state index in [1.54, 1.807) is 6.92 Å². The first kappa shape index (κ1) is 16.4. The maximum Gasteiger partial charge on any atom is 0.134 e. The fourth-order valence-electron chi connectivity index (χ4n) is 2.10. The fourth-order valence-corrected chi connectivity index (χ4v) is 2.10. The molecule has 0 radical (unpaired) electrons. The van der Waals surface area contributed by atoms with Crippen molar-refractivity contribution in [2.75, 3.05) is 0 Å². The number of carbonyl (C=O) groups excluding carboxylic acids is 1. The van der Waals surface area contributed by atoms with Gasteiger partial charge >= 0.3 is 0 Å². The van der Waals surface area contributed by atoms with Crippen molar-refractivity contribution >= 4 is 17.9 Å². The molecule has 108 valence electrons. The number of rotatable bonds is 8. The minimum absolute atomic E-state index is 0.211. The van der Waals surface area contributed by atoms with Gasteiger partial charge < -0.3 is 0 Å².